The zero-order valence-corrected chi connectivity index (χ0v) is 9.82. The summed E-state index contributed by atoms with van der Waals surface area (Å²) in [6.45, 7) is 0. The van der Waals surface area contributed by atoms with E-state index in [1.807, 2.05) is 12.1 Å². The van der Waals surface area contributed by atoms with Crippen LogP contribution in [-0.4, -0.2) is 12.9 Å². The van der Waals surface area contributed by atoms with Gasteiger partial charge in [0.15, 0.2) is 5.78 Å². The molecule has 0 bridgehead atoms. The monoisotopic (exact) mass is 226 g/mol. The van der Waals surface area contributed by atoms with Crippen LogP contribution in [0.4, 0.5) is 0 Å². The van der Waals surface area contributed by atoms with Crippen molar-refractivity contribution in [3.63, 3.8) is 0 Å². The van der Waals surface area contributed by atoms with Gasteiger partial charge in [0.1, 0.15) is 5.75 Å². The second-order valence-corrected chi connectivity index (χ2v) is 5.32. The number of carbonyl (C=O) groups excluding carboxylic acids is 1. The van der Waals surface area contributed by atoms with Crippen LogP contribution in [0.2, 0.25) is 0 Å². The molecule has 4 rings (SSSR count). The van der Waals surface area contributed by atoms with Gasteiger partial charge in [0.2, 0.25) is 0 Å². The molecule has 2 atom stereocenters. The number of ketones is 1. The van der Waals surface area contributed by atoms with Crippen molar-refractivity contribution in [1.82, 2.24) is 0 Å². The van der Waals surface area contributed by atoms with Crippen molar-refractivity contribution in [2.24, 2.45) is 5.92 Å². The summed E-state index contributed by atoms with van der Waals surface area (Å²) in [5.41, 5.74) is 4.50. The third kappa shape index (κ3) is 0.991. The summed E-state index contributed by atoms with van der Waals surface area (Å²) in [6, 6.07) is 6.40. The number of methoxy groups -OCH3 is 1. The minimum absolute atomic E-state index is 0.246. The summed E-state index contributed by atoms with van der Waals surface area (Å²) in [5.74, 6) is 1.87. The molecular weight excluding hydrogens is 212 g/mol. The molecule has 17 heavy (non-hydrogen) atoms. The zero-order valence-electron chi connectivity index (χ0n) is 9.82. The molecule has 0 N–H and O–H groups in total. The van der Waals surface area contributed by atoms with Crippen molar-refractivity contribution in [3.8, 4) is 5.75 Å². The van der Waals surface area contributed by atoms with Crippen molar-refractivity contribution in [2.75, 3.05) is 7.11 Å². The molecule has 1 aromatic carbocycles. The Kier molecular flexibility index (Phi) is 1.56. The lowest BCUT2D eigenvalue weighted by Crippen LogP contribution is -2.13. The Morgan fingerprint density at radius 1 is 1.41 bits per heavy atom. The molecule has 0 heterocycles. The Hall–Kier alpha value is -1.57. The maximum atomic E-state index is 11.4. The first-order valence-corrected chi connectivity index (χ1v) is 6.18. The Labute approximate surface area is 100 Å². The van der Waals surface area contributed by atoms with E-state index in [0.29, 0.717) is 18.1 Å². The highest BCUT2D eigenvalue weighted by atomic mass is 16.5. The number of benzene rings is 1. The number of hydrogen-bond donors (Lipinski definition) is 0. The fourth-order valence-corrected chi connectivity index (χ4v) is 3.87. The van der Waals surface area contributed by atoms with Crippen molar-refractivity contribution < 1.29 is 9.53 Å². The summed E-state index contributed by atoms with van der Waals surface area (Å²) in [7, 11) is 1.71. The Morgan fingerprint density at radius 3 is 3.12 bits per heavy atom. The van der Waals surface area contributed by atoms with Crippen LogP contribution in [-0.2, 0) is 16.6 Å². The van der Waals surface area contributed by atoms with E-state index in [2.05, 4.69) is 12.1 Å². The van der Waals surface area contributed by atoms with E-state index < -0.39 is 0 Å². The molecule has 3 aliphatic rings. The Bertz CT molecular complexity index is 570. The van der Waals surface area contributed by atoms with Crippen molar-refractivity contribution in [3.05, 3.63) is 41.0 Å². The SMILES string of the molecule is COc1ccc2c(c1)CC1C3=CC(=O)CCC321. The van der Waals surface area contributed by atoms with E-state index in [1.54, 1.807) is 7.11 Å². The fraction of sp³-hybridized carbons (Fsp3) is 0.400. The van der Waals surface area contributed by atoms with Gasteiger partial charge in [-0.3, -0.25) is 4.79 Å². The van der Waals surface area contributed by atoms with E-state index in [9.17, 15) is 4.79 Å². The third-order valence-corrected chi connectivity index (χ3v) is 4.70. The van der Waals surface area contributed by atoms with Crippen LogP contribution in [0, 0.1) is 5.92 Å². The lowest BCUT2D eigenvalue weighted by molar-refractivity contribution is -0.115. The first-order chi connectivity index (χ1) is 8.25. The van der Waals surface area contributed by atoms with Gasteiger partial charge < -0.3 is 4.74 Å². The highest BCUT2D eigenvalue weighted by Crippen LogP contribution is 2.69. The predicted octanol–water partition coefficient (Wildman–Crippen LogP) is 2.41. The van der Waals surface area contributed by atoms with Crippen molar-refractivity contribution in [2.45, 2.75) is 24.7 Å². The van der Waals surface area contributed by atoms with Gasteiger partial charge in [-0.15, -0.1) is 0 Å². The van der Waals surface area contributed by atoms with Crippen molar-refractivity contribution >= 4 is 5.78 Å². The minimum atomic E-state index is 0.246. The fourth-order valence-electron chi connectivity index (χ4n) is 3.87. The first-order valence-electron chi connectivity index (χ1n) is 6.18. The second kappa shape index (κ2) is 2.81. The van der Waals surface area contributed by atoms with Crippen molar-refractivity contribution in [1.29, 1.82) is 0 Å². The van der Waals surface area contributed by atoms with Gasteiger partial charge >= 0.3 is 0 Å². The number of ether oxygens (including phenoxy) is 1. The second-order valence-electron chi connectivity index (χ2n) is 5.32. The van der Waals surface area contributed by atoms with E-state index >= 15 is 0 Å². The highest BCUT2D eigenvalue weighted by molar-refractivity contribution is 5.95. The maximum absolute atomic E-state index is 11.4. The van der Waals surface area contributed by atoms with Gasteiger partial charge in [0.25, 0.3) is 0 Å². The average Bonchev–Trinajstić information content (AvgIpc) is 2.85. The van der Waals surface area contributed by atoms with E-state index in [0.717, 1.165) is 18.6 Å². The van der Waals surface area contributed by atoms with Gasteiger partial charge in [-0.2, -0.15) is 0 Å². The molecule has 2 nitrogen and oxygen atoms in total. The Morgan fingerprint density at radius 2 is 2.29 bits per heavy atom. The molecule has 2 unspecified atom stereocenters. The topological polar surface area (TPSA) is 26.3 Å². The highest BCUT2D eigenvalue weighted by Gasteiger charge is 2.65. The van der Waals surface area contributed by atoms with Crippen LogP contribution in [0.1, 0.15) is 24.0 Å². The van der Waals surface area contributed by atoms with E-state index in [-0.39, 0.29) is 5.41 Å². The van der Waals surface area contributed by atoms with Crippen LogP contribution in [0.5, 0.6) is 5.75 Å². The molecule has 0 aliphatic heterocycles. The lowest BCUT2D eigenvalue weighted by atomic mass is 9.86. The predicted molar refractivity (Wildman–Crippen MR) is 64.2 cm³/mol. The van der Waals surface area contributed by atoms with Gasteiger partial charge in [-0.05, 0) is 48.1 Å². The minimum Gasteiger partial charge on any atom is -0.497 e. The molecule has 2 heteroatoms. The summed E-state index contributed by atoms with van der Waals surface area (Å²) in [6.07, 6.45) is 4.72. The zero-order chi connectivity index (χ0) is 11.6. The van der Waals surface area contributed by atoms with Gasteiger partial charge in [0, 0.05) is 11.8 Å². The molecule has 0 amide bonds. The standard InChI is InChI=1S/C15H14O2/c1-17-11-2-3-12-9(6-11)7-13-14-8-10(16)4-5-15(12,13)14/h2-3,6,8,13H,4-5,7H2,1H3. The molecule has 0 radical (unpaired) electrons. The molecule has 1 aromatic rings. The molecule has 0 aromatic heterocycles. The van der Waals surface area contributed by atoms with Gasteiger partial charge in [-0.25, -0.2) is 0 Å². The third-order valence-electron chi connectivity index (χ3n) is 4.70. The number of allylic oxidation sites excluding steroid dienone is 2. The summed E-state index contributed by atoms with van der Waals surface area (Å²) in [5, 5.41) is 0. The molecule has 1 spiro atoms. The molecular formula is C15H14O2. The average molecular weight is 226 g/mol. The normalized spacial score (nSPS) is 32.4. The summed E-state index contributed by atoms with van der Waals surface area (Å²) in [4.78, 5) is 11.4. The van der Waals surface area contributed by atoms with E-state index in [1.165, 1.54) is 16.7 Å². The van der Waals surface area contributed by atoms with Crippen LogP contribution in [0.3, 0.4) is 0 Å². The number of hydrogen-bond acceptors (Lipinski definition) is 2. The van der Waals surface area contributed by atoms with Gasteiger partial charge in [-0.1, -0.05) is 11.6 Å². The Balaban J connectivity index is 1.85. The molecule has 0 saturated heterocycles. The molecule has 86 valence electrons. The largest absolute Gasteiger partial charge is 0.497 e. The smallest absolute Gasteiger partial charge is 0.155 e. The van der Waals surface area contributed by atoms with E-state index in [4.69, 9.17) is 4.74 Å². The first kappa shape index (κ1) is 9.46. The number of fused-ring (bicyclic) bond motifs is 2. The molecule has 1 fully saturated rings. The number of rotatable bonds is 1. The maximum Gasteiger partial charge on any atom is 0.155 e. The summed E-state index contributed by atoms with van der Waals surface area (Å²) < 4.78 is 5.27. The van der Waals surface area contributed by atoms with Crippen LogP contribution < -0.4 is 4.74 Å². The lowest BCUT2D eigenvalue weighted by Gasteiger charge is -2.18. The van der Waals surface area contributed by atoms with Crippen LogP contribution >= 0.6 is 0 Å². The van der Waals surface area contributed by atoms with Crippen LogP contribution in [0.25, 0.3) is 0 Å². The van der Waals surface area contributed by atoms with Crippen LogP contribution in [0.15, 0.2) is 29.8 Å². The summed E-state index contributed by atoms with van der Waals surface area (Å²) >= 11 is 0. The molecule has 1 saturated carbocycles. The number of carbonyl (C=O) groups is 1. The quantitative estimate of drug-likeness (QED) is 0.735. The van der Waals surface area contributed by atoms with Gasteiger partial charge in [0.05, 0.1) is 7.11 Å². The molecule has 3 aliphatic carbocycles.